The van der Waals surface area contributed by atoms with Gasteiger partial charge in [-0.3, -0.25) is 19.3 Å². The van der Waals surface area contributed by atoms with Crippen molar-refractivity contribution < 1.29 is 23.6 Å². The fourth-order valence-electron chi connectivity index (χ4n) is 9.27. The van der Waals surface area contributed by atoms with Crippen LogP contribution in [0.1, 0.15) is 51.5 Å². The third-order valence-corrected chi connectivity index (χ3v) is 11.0. The molecule has 2 atom stereocenters. The van der Waals surface area contributed by atoms with Crippen molar-refractivity contribution in [3.8, 4) is 11.5 Å². The van der Waals surface area contributed by atoms with E-state index in [0.717, 1.165) is 48.9 Å². The molecule has 1 aromatic heterocycles. The maximum absolute atomic E-state index is 13.5. The maximum atomic E-state index is 13.5. The Morgan fingerprint density at radius 1 is 1.02 bits per heavy atom. The second kappa shape index (κ2) is 7.36. The van der Waals surface area contributed by atoms with Crippen molar-refractivity contribution in [3.05, 3.63) is 60.2 Å². The van der Waals surface area contributed by atoms with E-state index in [2.05, 4.69) is 10.3 Å². The molecule has 4 fully saturated rings. The molecular weight excluding hydrogens is 506 g/mol. The zero-order chi connectivity index (χ0) is 27.7. The summed E-state index contributed by atoms with van der Waals surface area (Å²) in [6, 6.07) is 13.0. The number of carbonyl (C=O) groups is 4. The number of hydrogen-bond donors (Lipinski definition) is 1. The molecular formula is C32H29N3O5. The lowest BCUT2D eigenvalue weighted by Gasteiger charge is -2.73. The van der Waals surface area contributed by atoms with Gasteiger partial charge in [0.05, 0.1) is 11.0 Å². The number of aldehydes is 1. The predicted molar refractivity (Wildman–Crippen MR) is 146 cm³/mol. The third kappa shape index (κ3) is 2.74. The lowest BCUT2D eigenvalue weighted by atomic mass is 9.30. The number of oxazole rings is 1. The summed E-state index contributed by atoms with van der Waals surface area (Å²) >= 11 is 0. The summed E-state index contributed by atoms with van der Waals surface area (Å²) in [6.07, 6.45) is 8.38. The van der Waals surface area contributed by atoms with Crippen LogP contribution in [0.5, 0.6) is 0 Å². The molecule has 202 valence electrons. The number of benzene rings is 2. The minimum absolute atomic E-state index is 0.0510. The highest BCUT2D eigenvalue weighted by Gasteiger charge is 2.86. The summed E-state index contributed by atoms with van der Waals surface area (Å²) in [5.41, 5.74) is 2.20. The van der Waals surface area contributed by atoms with Crippen molar-refractivity contribution in [1.82, 2.24) is 9.88 Å². The minimum atomic E-state index is -0.857. The van der Waals surface area contributed by atoms with Gasteiger partial charge < -0.3 is 14.5 Å². The fourth-order valence-corrected chi connectivity index (χ4v) is 9.27. The summed E-state index contributed by atoms with van der Waals surface area (Å²) in [5.74, 6) is 0.914. The summed E-state index contributed by atoms with van der Waals surface area (Å²) in [6.45, 7) is 3.65. The van der Waals surface area contributed by atoms with Gasteiger partial charge in [-0.05, 0) is 105 Å². The first-order chi connectivity index (χ1) is 19.1. The third-order valence-electron chi connectivity index (χ3n) is 11.0. The van der Waals surface area contributed by atoms with Gasteiger partial charge in [-0.2, -0.15) is 0 Å². The van der Waals surface area contributed by atoms with Crippen LogP contribution in [0.25, 0.3) is 22.6 Å². The molecule has 0 radical (unpaired) electrons. The van der Waals surface area contributed by atoms with Crippen LogP contribution in [-0.4, -0.2) is 33.9 Å². The number of aromatic nitrogens is 1. The van der Waals surface area contributed by atoms with Crippen LogP contribution in [0, 0.1) is 28.1 Å². The van der Waals surface area contributed by atoms with Crippen LogP contribution >= 0.6 is 0 Å². The molecule has 3 aromatic rings. The van der Waals surface area contributed by atoms with Crippen LogP contribution in [0.15, 0.2) is 59.0 Å². The predicted octanol–water partition coefficient (Wildman–Crippen LogP) is 4.99. The molecule has 2 aromatic carbocycles. The molecule has 4 aliphatic carbocycles. The van der Waals surface area contributed by atoms with Crippen LogP contribution in [0.4, 0.5) is 5.69 Å². The van der Waals surface area contributed by atoms with Gasteiger partial charge in [0, 0.05) is 28.8 Å². The van der Waals surface area contributed by atoms with E-state index in [4.69, 9.17) is 4.42 Å². The van der Waals surface area contributed by atoms with E-state index in [9.17, 15) is 19.2 Å². The molecule has 1 spiro atoms. The molecule has 40 heavy (non-hydrogen) atoms. The number of hydrogen-bond acceptors (Lipinski definition) is 6. The number of rotatable bonds is 6. The fraction of sp³-hybridized carbons (Fsp3) is 0.406. The summed E-state index contributed by atoms with van der Waals surface area (Å²) in [5, 5.41) is 3.16. The Morgan fingerprint density at radius 3 is 2.35 bits per heavy atom. The molecule has 4 saturated carbocycles. The highest BCUT2D eigenvalue weighted by atomic mass is 16.3. The molecule has 2 heterocycles. The average molecular weight is 536 g/mol. The molecule has 8 rings (SSSR count). The van der Waals surface area contributed by atoms with Crippen molar-refractivity contribution in [2.45, 2.75) is 51.5 Å². The molecule has 0 saturated heterocycles. The molecule has 3 amide bonds. The standard InChI is InChI=1S/C32H29N3O5/c1-29(2,35-25(37)9-10-26(35)38)19-5-8-23-24(11-19)40-27(34-23)18-3-6-22(7-4-18)33-28(39)31-14-20-12-30(17-36)13-21(15-31)32(20,31)16-30/h3-11,17,20-21H,12-16H2,1-2H3,(H,33,39). The highest BCUT2D eigenvalue weighted by molar-refractivity contribution is 6.13. The van der Waals surface area contributed by atoms with Crippen molar-refractivity contribution in [3.63, 3.8) is 0 Å². The smallest absolute Gasteiger partial charge is 0.254 e. The van der Waals surface area contributed by atoms with E-state index >= 15 is 0 Å². The first-order valence-corrected chi connectivity index (χ1v) is 14.0. The van der Waals surface area contributed by atoms with Crippen molar-refractivity contribution in [1.29, 1.82) is 0 Å². The SMILES string of the molecule is CC(C)(c1ccc2nc(-c3ccc(NC(=O)C45CC6CC7(C=O)CC(C4)C65C7)cc3)oc2c1)N1C(=O)C=CC1=O. The van der Waals surface area contributed by atoms with Gasteiger partial charge in [0.1, 0.15) is 11.8 Å². The summed E-state index contributed by atoms with van der Waals surface area (Å²) in [7, 11) is 0. The Morgan fingerprint density at radius 2 is 1.70 bits per heavy atom. The lowest BCUT2D eigenvalue weighted by Crippen LogP contribution is -2.72. The molecule has 1 N–H and O–H groups in total. The summed E-state index contributed by atoms with van der Waals surface area (Å²) in [4.78, 5) is 55.8. The average Bonchev–Trinajstić information content (AvgIpc) is 3.66. The minimum Gasteiger partial charge on any atom is -0.436 e. The molecule has 8 heteroatoms. The molecule has 2 bridgehead atoms. The number of anilines is 1. The zero-order valence-corrected chi connectivity index (χ0v) is 22.4. The van der Waals surface area contributed by atoms with Gasteiger partial charge >= 0.3 is 0 Å². The molecule has 5 aliphatic rings. The first kappa shape index (κ1) is 23.8. The van der Waals surface area contributed by atoms with Crippen molar-refractivity contribution in [2.24, 2.45) is 28.1 Å². The Balaban J connectivity index is 1.01. The lowest BCUT2D eigenvalue weighted by molar-refractivity contribution is -0.246. The number of imide groups is 1. The van der Waals surface area contributed by atoms with Gasteiger partial charge in [0.25, 0.3) is 11.8 Å². The second-order valence-electron chi connectivity index (χ2n) is 13.1. The van der Waals surface area contributed by atoms with E-state index in [1.807, 2.05) is 56.3 Å². The number of carbonyl (C=O) groups excluding carboxylic acids is 4. The number of amides is 3. The zero-order valence-electron chi connectivity index (χ0n) is 22.4. The number of fused-ring (bicyclic) bond motifs is 2. The van der Waals surface area contributed by atoms with E-state index in [1.54, 1.807) is 0 Å². The summed E-state index contributed by atoms with van der Waals surface area (Å²) < 4.78 is 6.08. The molecule has 2 unspecified atom stereocenters. The number of nitrogens with zero attached hydrogens (tertiary/aromatic N) is 2. The largest absolute Gasteiger partial charge is 0.436 e. The quantitative estimate of drug-likeness (QED) is 0.352. The Bertz CT molecular complexity index is 1660. The normalized spacial score (nSPS) is 33.2. The van der Waals surface area contributed by atoms with Crippen LogP contribution in [-0.2, 0) is 24.7 Å². The monoisotopic (exact) mass is 535 g/mol. The molecule has 1 aliphatic heterocycles. The highest BCUT2D eigenvalue weighted by Crippen LogP contribution is 2.89. The van der Waals surface area contributed by atoms with E-state index in [-0.39, 0.29) is 34.0 Å². The topological polar surface area (TPSA) is 110 Å². The van der Waals surface area contributed by atoms with Crippen LogP contribution in [0.2, 0.25) is 0 Å². The van der Waals surface area contributed by atoms with E-state index in [0.29, 0.717) is 28.8 Å². The van der Waals surface area contributed by atoms with Gasteiger partial charge in [-0.1, -0.05) is 6.07 Å². The first-order valence-electron chi connectivity index (χ1n) is 14.0. The Labute approximate surface area is 230 Å². The van der Waals surface area contributed by atoms with E-state index < -0.39 is 5.54 Å². The Hall–Kier alpha value is -4.07. The molecule has 8 nitrogen and oxygen atoms in total. The van der Waals surface area contributed by atoms with Crippen LogP contribution in [0.3, 0.4) is 0 Å². The maximum Gasteiger partial charge on any atom is 0.254 e. The Kier molecular flexibility index (Phi) is 4.38. The number of nitrogens with one attached hydrogen (secondary N) is 1. The van der Waals surface area contributed by atoms with Gasteiger partial charge in [-0.25, -0.2) is 4.98 Å². The van der Waals surface area contributed by atoms with Crippen LogP contribution < -0.4 is 5.32 Å². The van der Waals surface area contributed by atoms with Crippen molar-refractivity contribution in [2.75, 3.05) is 5.32 Å². The van der Waals surface area contributed by atoms with Gasteiger partial charge in [0.15, 0.2) is 5.58 Å². The second-order valence-corrected chi connectivity index (χ2v) is 13.1. The van der Waals surface area contributed by atoms with Gasteiger partial charge in [-0.15, -0.1) is 0 Å². The van der Waals surface area contributed by atoms with Crippen molar-refractivity contribution >= 4 is 40.8 Å². The van der Waals surface area contributed by atoms with E-state index in [1.165, 1.54) is 23.3 Å². The van der Waals surface area contributed by atoms with Gasteiger partial charge in [0.2, 0.25) is 11.8 Å².